The molecule has 0 atom stereocenters. The highest BCUT2D eigenvalue weighted by atomic mass is 32.2. The molecule has 2 aromatic heterocycles. The van der Waals surface area contributed by atoms with Gasteiger partial charge in [0.15, 0.2) is 0 Å². The summed E-state index contributed by atoms with van der Waals surface area (Å²) in [6, 6.07) is 6.67. The topological polar surface area (TPSA) is 88.1 Å². The number of carbonyl (C=O) groups is 2. The number of amides is 2. The van der Waals surface area contributed by atoms with Gasteiger partial charge in [0.1, 0.15) is 0 Å². The van der Waals surface area contributed by atoms with Gasteiger partial charge in [0.25, 0.3) is 11.1 Å². The number of hydrogen-bond acceptors (Lipinski definition) is 7. The van der Waals surface area contributed by atoms with Gasteiger partial charge in [-0.05, 0) is 74.1 Å². The van der Waals surface area contributed by atoms with Crippen LogP contribution in [0.5, 0.6) is 0 Å². The summed E-state index contributed by atoms with van der Waals surface area (Å²) in [5, 5.41) is 1.88. The van der Waals surface area contributed by atoms with Gasteiger partial charge < -0.3 is 4.90 Å². The zero-order valence-corrected chi connectivity index (χ0v) is 17.2. The Kier molecular flexibility index (Phi) is 6.37. The number of carbonyl (C=O) groups excluding carboxylic acids is 2. The SMILES string of the molecule is O=C1NC(=O)/C(=C/c2ccnc(N3CCC(CCCc4cccc(F)n4)CC3)n2)S1. The molecule has 0 unspecified atom stereocenters. The van der Waals surface area contributed by atoms with Crippen LogP contribution in [0, 0.1) is 11.9 Å². The summed E-state index contributed by atoms with van der Waals surface area (Å²) in [5.41, 5.74) is 1.42. The number of piperidine rings is 1. The van der Waals surface area contributed by atoms with E-state index >= 15 is 0 Å². The molecule has 0 saturated carbocycles. The Labute approximate surface area is 178 Å². The Morgan fingerprint density at radius 2 is 2.03 bits per heavy atom. The number of aromatic nitrogens is 3. The van der Waals surface area contributed by atoms with Crippen LogP contribution >= 0.6 is 11.8 Å². The maximum Gasteiger partial charge on any atom is 0.290 e. The minimum atomic E-state index is -0.419. The van der Waals surface area contributed by atoms with Crippen molar-refractivity contribution in [3.05, 3.63) is 52.7 Å². The molecule has 7 nitrogen and oxygen atoms in total. The van der Waals surface area contributed by atoms with Crippen molar-refractivity contribution in [2.45, 2.75) is 32.1 Å². The number of aryl methyl sites for hydroxylation is 1. The van der Waals surface area contributed by atoms with Crippen LogP contribution in [0.4, 0.5) is 15.1 Å². The standard InChI is InChI=1S/C21H22FN5O2S/c22-18-6-2-5-15(24-18)4-1-3-14-8-11-27(12-9-14)20-23-10-7-16(25-20)13-17-19(28)26-21(29)30-17/h2,5-7,10,13-14H,1,3-4,8-9,11-12H2,(H,26,28,29)/b17-13-. The molecule has 0 bridgehead atoms. The highest BCUT2D eigenvalue weighted by Crippen LogP contribution is 2.27. The lowest BCUT2D eigenvalue weighted by atomic mass is 9.91. The van der Waals surface area contributed by atoms with Gasteiger partial charge in [-0.1, -0.05) is 6.07 Å². The molecular weight excluding hydrogens is 405 g/mol. The fourth-order valence-corrected chi connectivity index (χ4v) is 4.40. The van der Waals surface area contributed by atoms with Crippen LogP contribution in [0.3, 0.4) is 0 Å². The van der Waals surface area contributed by atoms with Gasteiger partial charge in [-0.2, -0.15) is 4.39 Å². The van der Waals surface area contributed by atoms with Crippen molar-refractivity contribution in [2.75, 3.05) is 18.0 Å². The van der Waals surface area contributed by atoms with E-state index < -0.39 is 5.95 Å². The second kappa shape index (κ2) is 9.34. The van der Waals surface area contributed by atoms with Crippen molar-refractivity contribution in [1.82, 2.24) is 20.3 Å². The third-order valence-electron chi connectivity index (χ3n) is 5.30. The molecule has 156 valence electrons. The molecule has 2 amide bonds. The minimum absolute atomic E-state index is 0.344. The van der Waals surface area contributed by atoms with Crippen LogP contribution in [0.1, 0.15) is 37.1 Å². The molecule has 2 aliphatic rings. The zero-order valence-electron chi connectivity index (χ0n) is 16.4. The fourth-order valence-electron chi connectivity index (χ4n) is 3.73. The van der Waals surface area contributed by atoms with E-state index in [0.717, 1.165) is 62.6 Å². The lowest BCUT2D eigenvalue weighted by Crippen LogP contribution is -2.35. The molecule has 0 radical (unpaired) electrons. The van der Waals surface area contributed by atoms with Gasteiger partial charge in [-0.3, -0.25) is 14.9 Å². The average Bonchev–Trinajstić information content (AvgIpc) is 3.05. The fraction of sp³-hybridized carbons (Fsp3) is 0.381. The minimum Gasteiger partial charge on any atom is -0.341 e. The number of halogens is 1. The van der Waals surface area contributed by atoms with Gasteiger partial charge in [-0.25, -0.2) is 15.0 Å². The molecule has 1 N–H and O–H groups in total. The van der Waals surface area contributed by atoms with Crippen LogP contribution in [0.25, 0.3) is 6.08 Å². The third-order valence-corrected chi connectivity index (χ3v) is 6.11. The van der Waals surface area contributed by atoms with Crippen LogP contribution in [0.2, 0.25) is 0 Å². The van der Waals surface area contributed by atoms with Crippen molar-refractivity contribution in [3.63, 3.8) is 0 Å². The lowest BCUT2D eigenvalue weighted by Gasteiger charge is -2.32. The van der Waals surface area contributed by atoms with Crippen LogP contribution < -0.4 is 10.2 Å². The van der Waals surface area contributed by atoms with E-state index in [9.17, 15) is 14.0 Å². The Balaban J connectivity index is 1.28. The molecule has 0 aliphatic carbocycles. The van der Waals surface area contributed by atoms with Crippen LogP contribution in [-0.2, 0) is 11.2 Å². The molecule has 2 saturated heterocycles. The number of anilines is 1. The number of rotatable bonds is 6. The number of imide groups is 1. The number of pyridine rings is 1. The first kappa shape index (κ1) is 20.5. The highest BCUT2D eigenvalue weighted by molar-refractivity contribution is 8.18. The molecule has 30 heavy (non-hydrogen) atoms. The van der Waals surface area contributed by atoms with E-state index in [-0.39, 0.29) is 11.1 Å². The summed E-state index contributed by atoms with van der Waals surface area (Å²) < 4.78 is 13.2. The number of hydrogen-bond donors (Lipinski definition) is 1. The van der Waals surface area contributed by atoms with Crippen molar-refractivity contribution in [1.29, 1.82) is 0 Å². The molecule has 2 aliphatic heterocycles. The predicted octanol–water partition coefficient (Wildman–Crippen LogP) is 3.57. The molecule has 4 rings (SSSR count). The first-order valence-corrected chi connectivity index (χ1v) is 10.8. The molecule has 4 heterocycles. The molecule has 0 aromatic carbocycles. The molecule has 2 fully saturated rings. The average molecular weight is 428 g/mol. The monoisotopic (exact) mass is 427 g/mol. The third kappa shape index (κ3) is 5.21. The number of nitrogens with one attached hydrogen (secondary N) is 1. The van der Waals surface area contributed by atoms with E-state index in [1.165, 1.54) is 6.07 Å². The zero-order chi connectivity index (χ0) is 20.9. The Bertz CT molecular complexity index is 975. The Hall–Kier alpha value is -2.81. The highest BCUT2D eigenvalue weighted by Gasteiger charge is 2.25. The van der Waals surface area contributed by atoms with E-state index in [1.807, 2.05) is 6.07 Å². The first-order valence-electron chi connectivity index (χ1n) is 10.0. The van der Waals surface area contributed by atoms with Crippen molar-refractivity contribution in [2.24, 2.45) is 5.92 Å². The van der Waals surface area contributed by atoms with E-state index in [2.05, 4.69) is 25.2 Å². The predicted molar refractivity (Wildman–Crippen MR) is 113 cm³/mol. The Morgan fingerprint density at radius 1 is 1.20 bits per heavy atom. The number of thioether (sulfide) groups is 1. The van der Waals surface area contributed by atoms with Gasteiger partial charge in [0, 0.05) is 25.0 Å². The van der Waals surface area contributed by atoms with Crippen molar-refractivity contribution >= 4 is 34.9 Å². The summed E-state index contributed by atoms with van der Waals surface area (Å²) in [7, 11) is 0. The lowest BCUT2D eigenvalue weighted by molar-refractivity contribution is -0.115. The molecule has 2 aromatic rings. The van der Waals surface area contributed by atoms with Crippen molar-refractivity contribution in [3.8, 4) is 0 Å². The van der Waals surface area contributed by atoms with E-state index in [4.69, 9.17) is 0 Å². The van der Waals surface area contributed by atoms with Gasteiger partial charge in [0.2, 0.25) is 11.9 Å². The summed E-state index contributed by atoms with van der Waals surface area (Å²) in [6.45, 7) is 1.74. The van der Waals surface area contributed by atoms with Gasteiger partial charge in [0.05, 0.1) is 10.6 Å². The summed E-state index contributed by atoms with van der Waals surface area (Å²) in [6.07, 6.45) is 8.29. The van der Waals surface area contributed by atoms with Crippen LogP contribution in [-0.4, -0.2) is 39.2 Å². The normalized spacial score (nSPS) is 18.8. The molecular formula is C21H22FN5O2S. The maximum absolute atomic E-state index is 13.2. The summed E-state index contributed by atoms with van der Waals surface area (Å²) in [4.78, 5) is 38.3. The van der Waals surface area contributed by atoms with Crippen LogP contribution in [0.15, 0.2) is 35.4 Å². The smallest absolute Gasteiger partial charge is 0.290 e. The first-order chi connectivity index (χ1) is 14.6. The Morgan fingerprint density at radius 3 is 2.77 bits per heavy atom. The van der Waals surface area contributed by atoms with Crippen molar-refractivity contribution < 1.29 is 14.0 Å². The number of nitrogens with zero attached hydrogens (tertiary/aromatic N) is 4. The van der Waals surface area contributed by atoms with Gasteiger partial charge in [-0.15, -0.1) is 0 Å². The maximum atomic E-state index is 13.2. The van der Waals surface area contributed by atoms with E-state index in [1.54, 1.807) is 24.4 Å². The molecule has 0 spiro atoms. The second-order valence-electron chi connectivity index (χ2n) is 7.41. The van der Waals surface area contributed by atoms with E-state index in [0.29, 0.717) is 22.5 Å². The van der Waals surface area contributed by atoms with Gasteiger partial charge >= 0.3 is 0 Å². The quantitative estimate of drug-likeness (QED) is 0.557. The summed E-state index contributed by atoms with van der Waals surface area (Å²) >= 11 is 0.879. The summed E-state index contributed by atoms with van der Waals surface area (Å²) in [5.74, 6) is 0.461. The largest absolute Gasteiger partial charge is 0.341 e. The molecule has 9 heteroatoms. The second-order valence-corrected chi connectivity index (χ2v) is 8.42.